The van der Waals surface area contributed by atoms with Crippen molar-refractivity contribution < 1.29 is 14.0 Å². The van der Waals surface area contributed by atoms with Crippen LogP contribution >= 0.6 is 0 Å². The first kappa shape index (κ1) is 21.9. The average molecular weight is 456 g/mol. The summed E-state index contributed by atoms with van der Waals surface area (Å²) in [6.45, 7) is 4.14. The summed E-state index contributed by atoms with van der Waals surface area (Å²) in [5.41, 5.74) is 4.38. The lowest BCUT2D eigenvalue weighted by Crippen LogP contribution is -2.32. The van der Waals surface area contributed by atoms with Gasteiger partial charge in [0.25, 0.3) is 11.8 Å². The summed E-state index contributed by atoms with van der Waals surface area (Å²) in [4.78, 5) is 30.5. The number of hydrogen-bond donors (Lipinski definition) is 1. The molecule has 2 aliphatic rings. The van der Waals surface area contributed by atoms with Gasteiger partial charge >= 0.3 is 0 Å². The molecule has 172 valence electrons. The Balaban J connectivity index is 1.50. The summed E-state index contributed by atoms with van der Waals surface area (Å²) in [6.07, 6.45) is 3.25. The van der Waals surface area contributed by atoms with E-state index in [9.17, 15) is 14.0 Å². The van der Waals surface area contributed by atoms with Crippen molar-refractivity contribution in [2.45, 2.75) is 26.2 Å². The molecule has 0 aliphatic carbocycles. The van der Waals surface area contributed by atoms with Gasteiger partial charge in [-0.05, 0) is 78.9 Å². The molecule has 0 saturated carbocycles. The minimum atomic E-state index is -0.433. The van der Waals surface area contributed by atoms with Crippen molar-refractivity contribution >= 4 is 34.4 Å². The van der Waals surface area contributed by atoms with Crippen LogP contribution in [0, 0.1) is 5.82 Å². The highest BCUT2D eigenvalue weighted by molar-refractivity contribution is 6.46. The Labute approximate surface area is 198 Å². The highest BCUT2D eigenvalue weighted by atomic mass is 19.1. The fraction of sp³-hybridized carbons (Fsp3) is 0.214. The lowest BCUT2D eigenvalue weighted by atomic mass is 10.0. The third-order valence-electron chi connectivity index (χ3n) is 6.43. The monoisotopic (exact) mass is 455 g/mol. The molecule has 1 fully saturated rings. The topological polar surface area (TPSA) is 52.7 Å². The fourth-order valence-electron chi connectivity index (χ4n) is 4.52. The number of amides is 2. The summed E-state index contributed by atoms with van der Waals surface area (Å²) in [7, 11) is 0. The minimum Gasteiger partial charge on any atom is -0.372 e. The maximum atomic E-state index is 13.6. The normalized spacial score (nSPS) is 16.1. The lowest BCUT2D eigenvalue weighted by Gasteiger charge is -2.18. The zero-order chi connectivity index (χ0) is 23.7. The Bertz CT molecular complexity index is 1240. The van der Waals surface area contributed by atoms with E-state index in [1.54, 1.807) is 12.1 Å². The van der Waals surface area contributed by atoms with Crippen LogP contribution in [0.15, 0.2) is 78.5 Å². The van der Waals surface area contributed by atoms with Crippen molar-refractivity contribution in [3.05, 3.63) is 95.4 Å². The van der Waals surface area contributed by atoms with Crippen LogP contribution in [0.4, 0.5) is 21.5 Å². The molecule has 0 aromatic heterocycles. The number of carbonyl (C=O) groups excluding carboxylic acids is 2. The van der Waals surface area contributed by atoms with E-state index in [-0.39, 0.29) is 11.3 Å². The number of aryl methyl sites for hydroxylation is 1. The zero-order valence-electron chi connectivity index (χ0n) is 19.1. The van der Waals surface area contributed by atoms with E-state index in [1.165, 1.54) is 42.0 Å². The van der Waals surface area contributed by atoms with E-state index in [1.807, 2.05) is 43.3 Å². The summed E-state index contributed by atoms with van der Waals surface area (Å²) < 4.78 is 13.6. The van der Waals surface area contributed by atoms with Gasteiger partial charge in [0.15, 0.2) is 0 Å². The molecule has 34 heavy (non-hydrogen) atoms. The number of nitrogens with zero attached hydrogens (tertiary/aromatic N) is 2. The van der Waals surface area contributed by atoms with Crippen molar-refractivity contribution in [2.24, 2.45) is 0 Å². The Morgan fingerprint density at radius 1 is 0.794 bits per heavy atom. The number of carbonyl (C=O) groups is 2. The molecule has 2 amide bonds. The van der Waals surface area contributed by atoms with E-state index in [0.717, 1.165) is 30.8 Å². The van der Waals surface area contributed by atoms with E-state index in [2.05, 4.69) is 10.2 Å². The lowest BCUT2D eigenvalue weighted by molar-refractivity contribution is -0.120. The molecule has 3 aromatic carbocycles. The molecular weight excluding hydrogens is 429 g/mol. The predicted octanol–water partition coefficient (Wildman–Crippen LogP) is 5.38. The van der Waals surface area contributed by atoms with Gasteiger partial charge in [0, 0.05) is 24.5 Å². The fourth-order valence-corrected chi connectivity index (χ4v) is 4.52. The second kappa shape index (κ2) is 9.14. The van der Waals surface area contributed by atoms with Gasteiger partial charge in [0.2, 0.25) is 0 Å². The standard InChI is InChI=1S/C28H26FN3O2/c1-2-19-5-13-24(14-6-19)32-27(33)25(20-7-9-21(29)10-8-20)26(28(32)34)30-22-11-15-23(16-12-22)31-17-3-4-18-31/h5-16,30H,2-4,17-18H2,1H3. The molecule has 1 saturated heterocycles. The number of rotatable bonds is 6. The van der Waals surface area contributed by atoms with Gasteiger partial charge in [-0.1, -0.05) is 31.2 Å². The highest BCUT2D eigenvalue weighted by Gasteiger charge is 2.40. The van der Waals surface area contributed by atoms with Crippen molar-refractivity contribution in [3.63, 3.8) is 0 Å². The zero-order valence-corrected chi connectivity index (χ0v) is 19.1. The molecule has 6 heteroatoms. The van der Waals surface area contributed by atoms with E-state index >= 15 is 0 Å². The van der Waals surface area contributed by atoms with Gasteiger partial charge in [-0.2, -0.15) is 0 Å². The van der Waals surface area contributed by atoms with Gasteiger partial charge in [-0.3, -0.25) is 9.59 Å². The smallest absolute Gasteiger partial charge is 0.282 e. The van der Waals surface area contributed by atoms with E-state index < -0.39 is 17.6 Å². The third-order valence-corrected chi connectivity index (χ3v) is 6.43. The molecule has 2 aliphatic heterocycles. The summed E-state index contributed by atoms with van der Waals surface area (Å²) in [6, 6.07) is 20.9. The second-order valence-electron chi connectivity index (χ2n) is 8.59. The Morgan fingerprint density at radius 3 is 2.03 bits per heavy atom. The van der Waals surface area contributed by atoms with Crippen LogP contribution in [-0.2, 0) is 16.0 Å². The Hall–Kier alpha value is -3.93. The van der Waals surface area contributed by atoms with E-state index in [0.29, 0.717) is 16.9 Å². The molecule has 0 atom stereocenters. The number of halogens is 1. The van der Waals surface area contributed by atoms with Crippen LogP contribution in [0.25, 0.3) is 5.57 Å². The predicted molar refractivity (Wildman–Crippen MR) is 133 cm³/mol. The third kappa shape index (κ3) is 4.07. The highest BCUT2D eigenvalue weighted by Crippen LogP contribution is 2.34. The van der Waals surface area contributed by atoms with Crippen LogP contribution in [0.2, 0.25) is 0 Å². The second-order valence-corrected chi connectivity index (χ2v) is 8.59. The molecule has 3 aromatic rings. The molecule has 0 radical (unpaired) electrons. The van der Waals surface area contributed by atoms with Gasteiger partial charge in [-0.25, -0.2) is 9.29 Å². The van der Waals surface area contributed by atoms with Gasteiger partial charge in [0.1, 0.15) is 11.5 Å². The minimum absolute atomic E-state index is 0.185. The number of anilines is 3. The van der Waals surface area contributed by atoms with Gasteiger partial charge in [0.05, 0.1) is 11.3 Å². The van der Waals surface area contributed by atoms with Gasteiger partial charge < -0.3 is 10.2 Å². The molecular formula is C28H26FN3O2. The number of nitrogens with one attached hydrogen (secondary N) is 1. The first-order chi connectivity index (χ1) is 16.5. The summed E-state index contributed by atoms with van der Waals surface area (Å²) >= 11 is 0. The molecule has 5 nitrogen and oxygen atoms in total. The van der Waals surface area contributed by atoms with Crippen molar-refractivity contribution in [1.82, 2.24) is 0 Å². The largest absolute Gasteiger partial charge is 0.372 e. The number of hydrogen-bond acceptors (Lipinski definition) is 4. The van der Waals surface area contributed by atoms with Crippen molar-refractivity contribution in [3.8, 4) is 0 Å². The molecule has 0 bridgehead atoms. The van der Waals surface area contributed by atoms with Crippen molar-refractivity contribution in [2.75, 3.05) is 28.2 Å². The van der Waals surface area contributed by atoms with Crippen LogP contribution in [0.5, 0.6) is 0 Å². The molecule has 0 unspecified atom stereocenters. The molecule has 1 N–H and O–H groups in total. The van der Waals surface area contributed by atoms with Crippen LogP contribution < -0.4 is 15.1 Å². The first-order valence-corrected chi connectivity index (χ1v) is 11.6. The maximum absolute atomic E-state index is 13.6. The van der Waals surface area contributed by atoms with E-state index in [4.69, 9.17) is 0 Å². The first-order valence-electron chi connectivity index (χ1n) is 11.6. The van der Waals surface area contributed by atoms with Gasteiger partial charge in [-0.15, -0.1) is 0 Å². The SMILES string of the molecule is CCc1ccc(N2C(=O)C(Nc3ccc(N4CCCC4)cc3)=C(c3ccc(F)cc3)C2=O)cc1. The Morgan fingerprint density at radius 2 is 1.41 bits per heavy atom. The Kier molecular flexibility index (Phi) is 5.88. The van der Waals surface area contributed by atoms with Crippen LogP contribution in [0.1, 0.15) is 30.9 Å². The van der Waals surface area contributed by atoms with Crippen molar-refractivity contribution in [1.29, 1.82) is 0 Å². The molecule has 2 heterocycles. The molecule has 5 rings (SSSR count). The maximum Gasteiger partial charge on any atom is 0.282 e. The van der Waals surface area contributed by atoms with Crippen LogP contribution in [0.3, 0.4) is 0 Å². The number of imide groups is 1. The average Bonchev–Trinajstić information content (AvgIpc) is 3.48. The van der Waals surface area contributed by atoms with Crippen LogP contribution in [-0.4, -0.2) is 24.9 Å². The quantitative estimate of drug-likeness (QED) is 0.507. The summed E-state index contributed by atoms with van der Waals surface area (Å²) in [5.74, 6) is -1.27. The summed E-state index contributed by atoms with van der Waals surface area (Å²) in [5, 5.41) is 3.18. The molecule has 0 spiro atoms. The number of benzene rings is 3.